The Morgan fingerprint density at radius 1 is 1.09 bits per heavy atom. The van der Waals surface area contributed by atoms with Crippen LogP contribution in [0.4, 0.5) is 0 Å². The third-order valence-electron chi connectivity index (χ3n) is 1.89. The molecule has 5 atom stereocenters. The number of ether oxygens (including phenoxy) is 1. The Balaban J connectivity index is 2.63. The summed E-state index contributed by atoms with van der Waals surface area (Å²) in [6.07, 6.45) is -4.94. The van der Waals surface area contributed by atoms with Crippen LogP contribution < -0.4 is 5.73 Å². The zero-order valence-corrected chi connectivity index (χ0v) is 6.21. The highest BCUT2D eigenvalue weighted by Crippen LogP contribution is 2.17. The predicted molar refractivity (Wildman–Crippen MR) is 36.5 cm³/mol. The smallest absolute Gasteiger partial charge is 0.135 e. The summed E-state index contributed by atoms with van der Waals surface area (Å²) >= 11 is 0. The van der Waals surface area contributed by atoms with E-state index in [0.717, 1.165) is 0 Å². The molecule has 0 saturated carbocycles. The lowest BCUT2D eigenvalue weighted by atomic mass is 9.99. The molecule has 0 aromatic rings. The van der Waals surface area contributed by atoms with Gasteiger partial charge in [0.05, 0.1) is 6.10 Å². The Bertz CT molecular complexity index is 129. The average Bonchev–Trinajstić information content (AvgIpc) is 1.97. The largest absolute Gasteiger partial charge is 0.388 e. The minimum atomic E-state index is -1.21. The maximum absolute atomic E-state index is 9.14. The van der Waals surface area contributed by atoms with Gasteiger partial charge in [0.25, 0.3) is 0 Å². The molecule has 0 amide bonds. The fraction of sp³-hybridized carbons (Fsp3) is 1.00. The van der Waals surface area contributed by atoms with Crippen LogP contribution >= 0.6 is 0 Å². The van der Waals surface area contributed by atoms with Gasteiger partial charge in [-0.15, -0.1) is 0 Å². The van der Waals surface area contributed by atoms with Crippen molar-refractivity contribution in [3.63, 3.8) is 0 Å². The molecule has 66 valence electrons. The highest BCUT2D eigenvalue weighted by atomic mass is 16.5. The van der Waals surface area contributed by atoms with Gasteiger partial charge in [0.15, 0.2) is 0 Å². The van der Waals surface area contributed by atoms with Gasteiger partial charge in [-0.25, -0.2) is 0 Å². The van der Waals surface area contributed by atoms with Crippen molar-refractivity contribution in [1.29, 1.82) is 0 Å². The monoisotopic (exact) mass is 163 g/mol. The molecule has 1 aliphatic rings. The first-order valence-corrected chi connectivity index (χ1v) is 3.49. The highest BCUT2D eigenvalue weighted by Gasteiger charge is 2.39. The maximum Gasteiger partial charge on any atom is 0.135 e. The van der Waals surface area contributed by atoms with Crippen LogP contribution in [0.2, 0.25) is 0 Å². The molecule has 5 N–H and O–H groups in total. The molecule has 5 heteroatoms. The first-order chi connectivity index (χ1) is 5.04. The van der Waals surface area contributed by atoms with Crippen LogP contribution in [0.1, 0.15) is 6.92 Å². The summed E-state index contributed by atoms with van der Waals surface area (Å²) < 4.78 is 4.90. The molecule has 5 nitrogen and oxygen atoms in total. The van der Waals surface area contributed by atoms with E-state index in [1.165, 1.54) is 0 Å². The van der Waals surface area contributed by atoms with Crippen LogP contribution in [0, 0.1) is 0 Å². The van der Waals surface area contributed by atoms with Crippen LogP contribution in [-0.2, 0) is 4.74 Å². The van der Waals surface area contributed by atoms with Gasteiger partial charge in [-0.3, -0.25) is 0 Å². The molecule has 1 heterocycles. The van der Waals surface area contributed by atoms with E-state index in [4.69, 9.17) is 25.8 Å². The minimum Gasteiger partial charge on any atom is -0.388 e. The van der Waals surface area contributed by atoms with Gasteiger partial charge in [-0.05, 0) is 6.92 Å². The summed E-state index contributed by atoms with van der Waals surface area (Å²) in [4.78, 5) is 0. The molecule has 0 aromatic carbocycles. The molecule has 2 unspecified atom stereocenters. The quantitative estimate of drug-likeness (QED) is 0.324. The minimum absolute atomic E-state index is 0.539. The van der Waals surface area contributed by atoms with Gasteiger partial charge in [0.2, 0.25) is 0 Å². The Kier molecular flexibility index (Phi) is 2.46. The van der Waals surface area contributed by atoms with E-state index in [-0.39, 0.29) is 0 Å². The summed E-state index contributed by atoms with van der Waals surface area (Å²) in [7, 11) is 0. The topological polar surface area (TPSA) is 95.9 Å². The van der Waals surface area contributed by atoms with Crippen molar-refractivity contribution in [3.05, 3.63) is 0 Å². The molecule has 1 saturated heterocycles. The second-order valence-electron chi connectivity index (χ2n) is 2.78. The molecule has 0 bridgehead atoms. The number of hydrogen-bond donors (Lipinski definition) is 4. The Morgan fingerprint density at radius 3 is 2.18 bits per heavy atom. The number of aliphatic hydroxyl groups excluding tert-OH is 3. The third-order valence-corrected chi connectivity index (χ3v) is 1.89. The number of nitrogens with two attached hydrogens (primary N) is 1. The zero-order chi connectivity index (χ0) is 8.59. The summed E-state index contributed by atoms with van der Waals surface area (Å²) in [6.45, 7) is 1.58. The molecular formula is C6H13NO4. The van der Waals surface area contributed by atoms with Gasteiger partial charge in [0, 0.05) is 0 Å². The highest BCUT2D eigenvalue weighted by molar-refractivity contribution is 4.87. The number of rotatable bonds is 0. The summed E-state index contributed by atoms with van der Waals surface area (Å²) in [5.74, 6) is 0. The van der Waals surface area contributed by atoms with Crippen molar-refractivity contribution < 1.29 is 20.1 Å². The van der Waals surface area contributed by atoms with Crippen molar-refractivity contribution >= 4 is 0 Å². The Labute approximate surface area is 64.4 Å². The van der Waals surface area contributed by atoms with Crippen LogP contribution in [0.25, 0.3) is 0 Å². The van der Waals surface area contributed by atoms with Crippen LogP contribution in [-0.4, -0.2) is 46.0 Å². The van der Waals surface area contributed by atoms with Gasteiger partial charge >= 0.3 is 0 Å². The van der Waals surface area contributed by atoms with E-state index < -0.39 is 30.6 Å². The van der Waals surface area contributed by atoms with Crippen LogP contribution in [0.15, 0.2) is 0 Å². The molecule has 0 spiro atoms. The van der Waals surface area contributed by atoms with Gasteiger partial charge in [-0.2, -0.15) is 0 Å². The van der Waals surface area contributed by atoms with E-state index in [1.807, 2.05) is 0 Å². The maximum atomic E-state index is 9.14. The standard InChI is InChI=1S/C6H13NO4/c1-2-3(8)4(9)5(10)6(7)11-2/h2-6,8-10H,7H2,1H3/t2-,3+,4-,5?,6?/m0/s1. The Hall–Kier alpha value is -0.200. The fourth-order valence-electron chi connectivity index (χ4n) is 1.08. The van der Waals surface area contributed by atoms with Crippen molar-refractivity contribution in [2.24, 2.45) is 5.73 Å². The normalized spacial score (nSPS) is 52.6. The lowest BCUT2D eigenvalue weighted by Crippen LogP contribution is -2.59. The molecule has 0 aromatic heterocycles. The van der Waals surface area contributed by atoms with Crippen LogP contribution in [0.3, 0.4) is 0 Å². The van der Waals surface area contributed by atoms with Crippen molar-refractivity contribution in [1.82, 2.24) is 0 Å². The van der Waals surface area contributed by atoms with Gasteiger partial charge < -0.3 is 25.8 Å². The van der Waals surface area contributed by atoms with Crippen LogP contribution in [0.5, 0.6) is 0 Å². The zero-order valence-electron chi connectivity index (χ0n) is 6.21. The van der Waals surface area contributed by atoms with Crippen molar-refractivity contribution in [2.45, 2.75) is 37.6 Å². The van der Waals surface area contributed by atoms with E-state index in [0.29, 0.717) is 0 Å². The predicted octanol–water partition coefficient (Wildman–Crippen LogP) is -2.23. The van der Waals surface area contributed by atoms with E-state index in [9.17, 15) is 0 Å². The van der Waals surface area contributed by atoms with E-state index in [2.05, 4.69) is 0 Å². The van der Waals surface area contributed by atoms with Gasteiger partial charge in [-0.1, -0.05) is 0 Å². The second-order valence-corrected chi connectivity index (χ2v) is 2.78. The first kappa shape index (κ1) is 8.89. The molecule has 0 aliphatic carbocycles. The fourth-order valence-corrected chi connectivity index (χ4v) is 1.08. The SMILES string of the molecule is C[C@@H]1OC(N)C(O)[C@@H](O)[C@@H]1O. The van der Waals surface area contributed by atoms with Crippen molar-refractivity contribution in [3.8, 4) is 0 Å². The average molecular weight is 163 g/mol. The van der Waals surface area contributed by atoms with Gasteiger partial charge in [0.1, 0.15) is 24.5 Å². The molecule has 1 aliphatic heterocycles. The summed E-state index contributed by atoms with van der Waals surface area (Å²) in [5.41, 5.74) is 5.28. The second kappa shape index (κ2) is 3.04. The first-order valence-electron chi connectivity index (χ1n) is 3.49. The lowest BCUT2D eigenvalue weighted by Gasteiger charge is -2.37. The summed E-state index contributed by atoms with van der Waals surface area (Å²) in [6, 6.07) is 0. The lowest BCUT2D eigenvalue weighted by molar-refractivity contribution is -0.215. The van der Waals surface area contributed by atoms with E-state index >= 15 is 0 Å². The van der Waals surface area contributed by atoms with Crippen molar-refractivity contribution in [2.75, 3.05) is 0 Å². The number of aliphatic hydroxyl groups is 3. The molecule has 0 radical (unpaired) electrons. The summed E-state index contributed by atoms with van der Waals surface area (Å²) in [5, 5.41) is 27.3. The molecule has 1 fully saturated rings. The Morgan fingerprint density at radius 2 is 1.64 bits per heavy atom. The molecular weight excluding hydrogens is 150 g/mol. The number of hydrogen-bond acceptors (Lipinski definition) is 5. The third kappa shape index (κ3) is 1.52. The molecule has 11 heavy (non-hydrogen) atoms. The molecule has 1 rings (SSSR count). The van der Waals surface area contributed by atoms with E-state index in [1.54, 1.807) is 6.92 Å².